The van der Waals surface area contributed by atoms with Crippen LogP contribution < -0.4 is 0 Å². The van der Waals surface area contributed by atoms with E-state index in [-0.39, 0.29) is 42.8 Å². The lowest BCUT2D eigenvalue weighted by atomic mass is 9.80. The Kier molecular flexibility index (Phi) is 14.9. The van der Waals surface area contributed by atoms with Gasteiger partial charge in [0, 0.05) is 12.5 Å². The molecule has 0 amide bonds. The molecule has 0 bridgehead atoms. The molecule has 1 aliphatic heterocycles. The summed E-state index contributed by atoms with van der Waals surface area (Å²) in [7, 11) is 0. The van der Waals surface area contributed by atoms with Gasteiger partial charge in [0.15, 0.2) is 0 Å². The number of cyclic esters (lactones) is 1. The predicted octanol–water partition coefficient (Wildman–Crippen LogP) is 4.21. The van der Waals surface area contributed by atoms with Crippen molar-refractivity contribution in [1.82, 2.24) is 0 Å². The zero-order chi connectivity index (χ0) is 28.2. The van der Waals surface area contributed by atoms with Crippen molar-refractivity contribution in [3.8, 4) is 0 Å². The van der Waals surface area contributed by atoms with E-state index >= 15 is 0 Å². The van der Waals surface area contributed by atoms with Gasteiger partial charge >= 0.3 is 5.97 Å². The monoisotopic (exact) mass is 524 g/mol. The first-order chi connectivity index (χ1) is 17.3. The molecule has 1 aliphatic rings. The molecule has 0 saturated carbocycles. The third-order valence-electron chi connectivity index (χ3n) is 7.55. The molecular weight excluding hydrogens is 472 g/mol. The third kappa shape index (κ3) is 12.3. The first-order valence-electron chi connectivity index (χ1n) is 13.9. The van der Waals surface area contributed by atoms with E-state index < -0.39 is 29.9 Å². The van der Waals surface area contributed by atoms with E-state index in [1.165, 1.54) is 13.0 Å². The molecule has 7 nitrogen and oxygen atoms in total. The fourth-order valence-electron chi connectivity index (χ4n) is 5.20. The van der Waals surface area contributed by atoms with Crippen LogP contribution in [0.3, 0.4) is 0 Å². The van der Waals surface area contributed by atoms with Crippen LogP contribution in [0.2, 0.25) is 0 Å². The second-order valence-corrected chi connectivity index (χ2v) is 11.5. The molecule has 1 rings (SSSR count). The van der Waals surface area contributed by atoms with Crippen LogP contribution in [0.15, 0.2) is 36.0 Å². The molecule has 0 fully saturated rings. The lowest BCUT2D eigenvalue weighted by Crippen LogP contribution is -2.53. The minimum absolute atomic E-state index is 0.0922. The summed E-state index contributed by atoms with van der Waals surface area (Å²) in [6, 6.07) is 0. The maximum absolute atomic E-state index is 12.5. The average molecular weight is 525 g/mol. The van der Waals surface area contributed by atoms with Crippen LogP contribution in [0, 0.1) is 17.8 Å². The van der Waals surface area contributed by atoms with Gasteiger partial charge in [-0.15, -0.1) is 0 Å². The van der Waals surface area contributed by atoms with Crippen molar-refractivity contribution in [3.63, 3.8) is 0 Å². The van der Waals surface area contributed by atoms with E-state index in [4.69, 9.17) is 4.74 Å². The molecule has 214 valence electrons. The summed E-state index contributed by atoms with van der Waals surface area (Å²) in [6.45, 7) is 11.4. The summed E-state index contributed by atoms with van der Waals surface area (Å²) in [5, 5.41) is 52.5. The second-order valence-electron chi connectivity index (χ2n) is 11.5. The molecule has 0 radical (unpaired) electrons. The molecule has 0 aromatic rings. The number of ether oxygens (including phenoxy) is 1. The van der Waals surface area contributed by atoms with Crippen molar-refractivity contribution in [1.29, 1.82) is 0 Å². The minimum atomic E-state index is -1.77. The number of esters is 1. The van der Waals surface area contributed by atoms with Crippen molar-refractivity contribution in [2.45, 2.75) is 129 Å². The predicted molar refractivity (Wildman–Crippen MR) is 147 cm³/mol. The van der Waals surface area contributed by atoms with Gasteiger partial charge in [-0.1, -0.05) is 57.6 Å². The Balaban J connectivity index is 3.12. The molecule has 5 N–H and O–H groups in total. The van der Waals surface area contributed by atoms with E-state index in [9.17, 15) is 30.3 Å². The summed E-state index contributed by atoms with van der Waals surface area (Å²) >= 11 is 0. The van der Waals surface area contributed by atoms with Crippen LogP contribution in [0.1, 0.15) is 92.9 Å². The van der Waals surface area contributed by atoms with Gasteiger partial charge in [-0.3, -0.25) is 0 Å². The number of hydrogen-bond donors (Lipinski definition) is 5. The Hall–Kier alpha value is -1.51. The SMILES string of the molecule is CCC(O)CCCC1OC(=O)/C=C/C=C/CC(O)CC(O)C(C)(O)C(O)C(C)C/C(C)=C/C(C)CC1C. The zero-order valence-electron chi connectivity index (χ0n) is 23.7. The highest BCUT2D eigenvalue weighted by molar-refractivity contribution is 5.82. The maximum Gasteiger partial charge on any atom is 0.331 e. The van der Waals surface area contributed by atoms with Gasteiger partial charge < -0.3 is 30.3 Å². The highest BCUT2D eigenvalue weighted by Gasteiger charge is 2.41. The Morgan fingerprint density at radius 3 is 2.43 bits per heavy atom. The van der Waals surface area contributed by atoms with Gasteiger partial charge in [0.2, 0.25) is 0 Å². The number of rotatable bonds is 5. The molecule has 0 spiro atoms. The number of carbonyl (C=O) groups is 1. The summed E-state index contributed by atoms with van der Waals surface area (Å²) in [5.41, 5.74) is -0.702. The molecule has 1 heterocycles. The van der Waals surface area contributed by atoms with Crippen LogP contribution in [0.25, 0.3) is 0 Å². The second kappa shape index (κ2) is 16.5. The largest absolute Gasteiger partial charge is 0.459 e. The lowest BCUT2D eigenvalue weighted by molar-refractivity contribution is -0.157. The van der Waals surface area contributed by atoms with Gasteiger partial charge in [-0.05, 0) is 76.5 Å². The van der Waals surface area contributed by atoms with Crippen molar-refractivity contribution >= 4 is 5.97 Å². The topological polar surface area (TPSA) is 127 Å². The van der Waals surface area contributed by atoms with E-state index in [2.05, 4.69) is 19.9 Å². The van der Waals surface area contributed by atoms with Gasteiger partial charge in [0.1, 0.15) is 11.7 Å². The molecule has 0 aliphatic carbocycles. The van der Waals surface area contributed by atoms with Crippen LogP contribution in [-0.2, 0) is 9.53 Å². The molecule has 0 aromatic carbocycles. The van der Waals surface area contributed by atoms with Gasteiger partial charge in [0.05, 0.1) is 24.4 Å². The molecule has 37 heavy (non-hydrogen) atoms. The standard InChI is InChI=1S/C30H52O7/c1-7-24(31)13-11-14-26-22(4)17-20(2)16-21(3)18-23(5)29(35)30(6,36)27(33)19-25(32)12-9-8-10-15-28(34)37-26/h8-10,15-16,20,22-27,29,31-33,35-36H,7,11-14,17-19H2,1-6H3/b9-8+,15-10+,21-16+. The fraction of sp³-hybridized carbons (Fsp3) is 0.767. The summed E-state index contributed by atoms with van der Waals surface area (Å²) in [4.78, 5) is 12.5. The number of carbonyl (C=O) groups excluding carboxylic acids is 1. The van der Waals surface area contributed by atoms with Crippen LogP contribution >= 0.6 is 0 Å². The molecule has 0 saturated heterocycles. The van der Waals surface area contributed by atoms with Crippen LogP contribution in [0.5, 0.6) is 0 Å². The van der Waals surface area contributed by atoms with Crippen molar-refractivity contribution < 1.29 is 35.1 Å². The normalized spacial score (nSPS) is 39.6. The van der Waals surface area contributed by atoms with E-state index in [1.807, 2.05) is 20.8 Å². The summed E-state index contributed by atoms with van der Waals surface area (Å²) < 4.78 is 5.82. The number of allylic oxidation sites excluding steroid dienone is 4. The molecule has 7 heteroatoms. The fourth-order valence-corrected chi connectivity index (χ4v) is 5.20. The van der Waals surface area contributed by atoms with Crippen molar-refractivity contribution in [2.24, 2.45) is 17.8 Å². The smallest absolute Gasteiger partial charge is 0.331 e. The number of aliphatic hydroxyl groups excluding tert-OH is 4. The zero-order valence-corrected chi connectivity index (χ0v) is 23.7. The minimum Gasteiger partial charge on any atom is -0.459 e. The third-order valence-corrected chi connectivity index (χ3v) is 7.55. The van der Waals surface area contributed by atoms with Gasteiger partial charge in [-0.25, -0.2) is 4.79 Å². The maximum atomic E-state index is 12.5. The molecular formula is C30H52O7. The summed E-state index contributed by atoms with van der Waals surface area (Å²) in [5.74, 6) is -0.435. The van der Waals surface area contributed by atoms with Crippen molar-refractivity contribution in [3.05, 3.63) is 36.0 Å². The highest BCUT2D eigenvalue weighted by atomic mass is 16.5. The Morgan fingerprint density at radius 2 is 1.78 bits per heavy atom. The Bertz CT molecular complexity index is 757. The first kappa shape index (κ1) is 33.5. The summed E-state index contributed by atoms with van der Waals surface area (Å²) in [6.07, 6.45) is 8.66. The first-order valence-corrected chi connectivity index (χ1v) is 13.9. The number of aliphatic hydroxyl groups is 5. The van der Waals surface area contributed by atoms with Crippen LogP contribution in [0.4, 0.5) is 0 Å². The van der Waals surface area contributed by atoms with Crippen LogP contribution in [-0.4, -0.2) is 67.6 Å². The Labute approximate surface area is 223 Å². The Morgan fingerprint density at radius 1 is 1.11 bits per heavy atom. The van der Waals surface area contributed by atoms with Crippen molar-refractivity contribution in [2.75, 3.05) is 0 Å². The quantitative estimate of drug-likeness (QED) is 0.269. The molecule has 9 atom stereocenters. The highest BCUT2D eigenvalue weighted by Crippen LogP contribution is 2.30. The van der Waals surface area contributed by atoms with E-state index in [1.54, 1.807) is 18.2 Å². The molecule has 9 unspecified atom stereocenters. The van der Waals surface area contributed by atoms with E-state index in [0.29, 0.717) is 25.7 Å². The van der Waals surface area contributed by atoms with E-state index in [0.717, 1.165) is 18.4 Å². The lowest BCUT2D eigenvalue weighted by Gasteiger charge is -2.37. The van der Waals surface area contributed by atoms with Gasteiger partial charge in [-0.2, -0.15) is 0 Å². The van der Waals surface area contributed by atoms with Gasteiger partial charge in [0.25, 0.3) is 0 Å². The molecule has 0 aromatic heterocycles. The average Bonchev–Trinajstić information content (AvgIpc) is 2.81. The number of hydrogen-bond acceptors (Lipinski definition) is 7.